The van der Waals surface area contributed by atoms with Crippen LogP contribution in [-0.4, -0.2) is 41.7 Å². The molecule has 5 N–H and O–H groups in total. The molecule has 1 aromatic heterocycles. The molecule has 8 heteroatoms. The molecule has 1 aromatic rings. The highest BCUT2D eigenvalue weighted by atomic mass is 16.5. The van der Waals surface area contributed by atoms with Crippen LogP contribution in [0.2, 0.25) is 0 Å². The molecule has 1 amide bonds. The molecule has 8 nitrogen and oxygen atoms in total. The number of carbonyl (C=O) groups is 1. The van der Waals surface area contributed by atoms with E-state index in [9.17, 15) is 4.79 Å². The number of primary amides is 1. The highest BCUT2D eigenvalue weighted by Crippen LogP contribution is 2.26. The fraction of sp³-hybridized carbons (Fsp3) is 0.615. The average Bonchev–Trinajstić information content (AvgIpc) is 2.49. The van der Waals surface area contributed by atoms with Crippen molar-refractivity contribution in [2.75, 3.05) is 30.1 Å². The van der Waals surface area contributed by atoms with Gasteiger partial charge in [-0.15, -0.1) is 0 Å². The normalized spacial score (nSPS) is 18.6. The van der Waals surface area contributed by atoms with Crippen molar-refractivity contribution in [1.82, 2.24) is 9.97 Å². The molecule has 1 aliphatic heterocycles. The van der Waals surface area contributed by atoms with Crippen molar-refractivity contribution >= 4 is 17.5 Å². The van der Waals surface area contributed by atoms with E-state index in [2.05, 4.69) is 22.3 Å². The Morgan fingerprint density at radius 2 is 2.29 bits per heavy atom. The summed E-state index contributed by atoms with van der Waals surface area (Å²) in [5.41, 5.74) is 8.86. The third-order valence-corrected chi connectivity index (χ3v) is 3.51. The number of ether oxygens (including phenoxy) is 1. The van der Waals surface area contributed by atoms with Gasteiger partial charge in [-0.2, -0.15) is 0 Å². The summed E-state index contributed by atoms with van der Waals surface area (Å²) in [6.45, 7) is 5.28. The standard InChI is InChI=1S/C13H22N6O2/c1-3-4-10-16-12(18-15)8(2)13(17-10)19-5-6-21-7-9(19)11(14)20/h9H,3-7,15H2,1-2H3,(H2,14,20)(H,16,17,18). The number of aryl methyl sites for hydroxylation is 1. The molecule has 0 bridgehead atoms. The van der Waals surface area contributed by atoms with Crippen LogP contribution in [0.5, 0.6) is 0 Å². The number of nitrogens with two attached hydrogens (primary N) is 2. The highest BCUT2D eigenvalue weighted by molar-refractivity contribution is 5.84. The largest absolute Gasteiger partial charge is 0.377 e. The van der Waals surface area contributed by atoms with Gasteiger partial charge in [-0.3, -0.25) is 4.79 Å². The van der Waals surface area contributed by atoms with Crippen LogP contribution in [0.25, 0.3) is 0 Å². The van der Waals surface area contributed by atoms with E-state index in [1.54, 1.807) is 0 Å². The van der Waals surface area contributed by atoms with E-state index in [4.69, 9.17) is 16.3 Å². The van der Waals surface area contributed by atoms with Crippen LogP contribution in [0.15, 0.2) is 0 Å². The van der Waals surface area contributed by atoms with Crippen LogP contribution >= 0.6 is 0 Å². The van der Waals surface area contributed by atoms with E-state index in [0.717, 1.165) is 18.4 Å². The van der Waals surface area contributed by atoms with E-state index in [-0.39, 0.29) is 6.61 Å². The number of anilines is 2. The maximum absolute atomic E-state index is 11.6. The summed E-state index contributed by atoms with van der Waals surface area (Å²) in [7, 11) is 0. The minimum absolute atomic E-state index is 0.271. The van der Waals surface area contributed by atoms with Crippen molar-refractivity contribution in [3.05, 3.63) is 11.4 Å². The summed E-state index contributed by atoms with van der Waals surface area (Å²) < 4.78 is 5.34. The molecule has 0 aliphatic carbocycles. The lowest BCUT2D eigenvalue weighted by atomic mass is 10.1. The van der Waals surface area contributed by atoms with E-state index in [1.165, 1.54) is 0 Å². The smallest absolute Gasteiger partial charge is 0.242 e. The molecule has 2 heterocycles. The molecular formula is C13H22N6O2. The Morgan fingerprint density at radius 3 is 2.90 bits per heavy atom. The van der Waals surface area contributed by atoms with E-state index >= 15 is 0 Å². The zero-order chi connectivity index (χ0) is 15.4. The van der Waals surface area contributed by atoms with Crippen molar-refractivity contribution in [3.63, 3.8) is 0 Å². The van der Waals surface area contributed by atoms with E-state index < -0.39 is 11.9 Å². The molecular weight excluding hydrogens is 272 g/mol. The first-order valence-corrected chi connectivity index (χ1v) is 7.06. The second-order valence-corrected chi connectivity index (χ2v) is 5.02. The molecule has 1 aliphatic rings. The van der Waals surface area contributed by atoms with Crippen molar-refractivity contribution in [2.45, 2.75) is 32.7 Å². The topological polar surface area (TPSA) is 119 Å². The van der Waals surface area contributed by atoms with Gasteiger partial charge in [0.2, 0.25) is 5.91 Å². The van der Waals surface area contributed by atoms with Crippen LogP contribution in [-0.2, 0) is 16.0 Å². The molecule has 21 heavy (non-hydrogen) atoms. The number of morpholine rings is 1. The highest BCUT2D eigenvalue weighted by Gasteiger charge is 2.30. The van der Waals surface area contributed by atoms with Gasteiger partial charge >= 0.3 is 0 Å². The van der Waals surface area contributed by atoms with Crippen LogP contribution in [0.1, 0.15) is 24.7 Å². The van der Waals surface area contributed by atoms with Crippen LogP contribution in [0.3, 0.4) is 0 Å². The lowest BCUT2D eigenvalue weighted by Crippen LogP contribution is -2.53. The predicted molar refractivity (Wildman–Crippen MR) is 79.7 cm³/mol. The predicted octanol–water partition coefficient (Wildman–Crippen LogP) is -0.286. The summed E-state index contributed by atoms with van der Waals surface area (Å²) in [4.78, 5) is 22.5. The zero-order valence-corrected chi connectivity index (χ0v) is 12.4. The molecule has 1 unspecified atom stereocenters. The Hall–Kier alpha value is -1.93. The SMILES string of the molecule is CCCc1nc(NN)c(C)c(N2CCOCC2C(N)=O)n1. The van der Waals surface area contributed by atoms with Gasteiger partial charge in [-0.25, -0.2) is 15.8 Å². The molecule has 1 fully saturated rings. The average molecular weight is 294 g/mol. The number of nitrogens with one attached hydrogen (secondary N) is 1. The third kappa shape index (κ3) is 3.22. The molecule has 2 rings (SSSR count). The first-order valence-electron chi connectivity index (χ1n) is 7.06. The van der Waals surface area contributed by atoms with Gasteiger partial charge in [0.05, 0.1) is 13.2 Å². The Kier molecular flexibility index (Phi) is 4.92. The zero-order valence-electron chi connectivity index (χ0n) is 12.4. The van der Waals surface area contributed by atoms with Crippen molar-refractivity contribution in [3.8, 4) is 0 Å². The van der Waals surface area contributed by atoms with Gasteiger partial charge < -0.3 is 20.8 Å². The molecule has 0 spiro atoms. The minimum Gasteiger partial charge on any atom is -0.377 e. The van der Waals surface area contributed by atoms with E-state index in [0.29, 0.717) is 30.6 Å². The number of carbonyl (C=O) groups excluding carboxylic acids is 1. The monoisotopic (exact) mass is 294 g/mol. The lowest BCUT2D eigenvalue weighted by Gasteiger charge is -2.35. The Morgan fingerprint density at radius 1 is 1.52 bits per heavy atom. The van der Waals surface area contributed by atoms with Crippen molar-refractivity contribution in [2.24, 2.45) is 11.6 Å². The molecule has 0 radical (unpaired) electrons. The quantitative estimate of drug-likeness (QED) is 0.504. The van der Waals surface area contributed by atoms with Gasteiger partial charge in [-0.05, 0) is 13.3 Å². The number of hydrazine groups is 1. The fourth-order valence-electron chi connectivity index (χ4n) is 2.40. The molecule has 1 atom stereocenters. The fourth-order valence-corrected chi connectivity index (χ4v) is 2.40. The molecule has 1 saturated heterocycles. The first kappa shape index (κ1) is 15.5. The summed E-state index contributed by atoms with van der Waals surface area (Å²) in [5.74, 6) is 7.06. The van der Waals surface area contributed by atoms with Crippen molar-refractivity contribution in [1.29, 1.82) is 0 Å². The number of aromatic nitrogens is 2. The number of nitrogens with zero attached hydrogens (tertiary/aromatic N) is 3. The Labute approximate surface area is 123 Å². The van der Waals surface area contributed by atoms with E-state index in [1.807, 2.05) is 11.8 Å². The molecule has 0 aromatic carbocycles. The van der Waals surface area contributed by atoms with Crippen LogP contribution in [0.4, 0.5) is 11.6 Å². The second-order valence-electron chi connectivity index (χ2n) is 5.02. The van der Waals surface area contributed by atoms with Gasteiger partial charge in [-0.1, -0.05) is 6.92 Å². The summed E-state index contributed by atoms with van der Waals surface area (Å²) in [6.07, 6.45) is 1.67. The third-order valence-electron chi connectivity index (χ3n) is 3.51. The maximum Gasteiger partial charge on any atom is 0.242 e. The number of hydrogen-bond acceptors (Lipinski definition) is 7. The van der Waals surface area contributed by atoms with Crippen LogP contribution in [0, 0.1) is 6.92 Å². The molecule has 0 saturated carbocycles. The number of rotatable bonds is 5. The lowest BCUT2D eigenvalue weighted by molar-refractivity contribution is -0.121. The number of nitrogen functional groups attached to an aromatic ring is 1. The number of amides is 1. The van der Waals surface area contributed by atoms with Gasteiger partial charge in [0.15, 0.2) is 0 Å². The number of hydrogen-bond donors (Lipinski definition) is 3. The first-order chi connectivity index (χ1) is 10.1. The second kappa shape index (κ2) is 6.68. The molecule has 116 valence electrons. The van der Waals surface area contributed by atoms with Crippen molar-refractivity contribution < 1.29 is 9.53 Å². The Bertz CT molecular complexity index is 522. The summed E-state index contributed by atoms with van der Waals surface area (Å²) in [6, 6.07) is -0.521. The van der Waals surface area contributed by atoms with Crippen LogP contribution < -0.4 is 21.9 Å². The minimum atomic E-state index is -0.521. The van der Waals surface area contributed by atoms with Gasteiger partial charge in [0.1, 0.15) is 23.5 Å². The van der Waals surface area contributed by atoms with Gasteiger partial charge in [0.25, 0.3) is 0 Å². The summed E-state index contributed by atoms with van der Waals surface area (Å²) in [5, 5.41) is 0. The van der Waals surface area contributed by atoms with Gasteiger partial charge in [0, 0.05) is 18.5 Å². The maximum atomic E-state index is 11.6. The Balaban J connectivity index is 2.44. The summed E-state index contributed by atoms with van der Waals surface area (Å²) >= 11 is 0.